The summed E-state index contributed by atoms with van der Waals surface area (Å²) in [6, 6.07) is 14.2. The Morgan fingerprint density at radius 2 is 1.68 bits per heavy atom. The summed E-state index contributed by atoms with van der Waals surface area (Å²) in [5.74, 6) is -0.747. The molecule has 0 aliphatic rings. The fraction of sp³-hybridized carbons (Fsp3) is 0.136. The van der Waals surface area contributed by atoms with Crippen LogP contribution in [0.4, 0.5) is 13.2 Å². The van der Waals surface area contributed by atoms with Gasteiger partial charge in [-0.25, -0.2) is 0 Å². The van der Waals surface area contributed by atoms with Crippen LogP contribution in [0, 0.1) is 0 Å². The van der Waals surface area contributed by atoms with Crippen molar-refractivity contribution in [2.45, 2.75) is 24.0 Å². The first kappa shape index (κ1) is 25.8. The number of rotatable bonds is 6. The molecule has 0 radical (unpaired) electrons. The number of alkyl halides is 3. The lowest BCUT2D eigenvalue weighted by molar-refractivity contribution is -0.137. The highest BCUT2D eigenvalue weighted by molar-refractivity contribution is 7.85. The van der Waals surface area contributed by atoms with Gasteiger partial charge in [-0.15, -0.1) is 5.11 Å². The van der Waals surface area contributed by atoms with Gasteiger partial charge in [0.05, 0.1) is 23.6 Å². The Hall–Kier alpha value is -2.79. The maximum atomic E-state index is 13.9. The van der Waals surface area contributed by atoms with E-state index in [2.05, 4.69) is 10.2 Å². The zero-order chi connectivity index (χ0) is 25.1. The second-order valence-electron chi connectivity index (χ2n) is 7.03. The number of halogens is 5. The van der Waals surface area contributed by atoms with E-state index in [4.69, 9.17) is 23.2 Å². The molecule has 6 nitrogen and oxygen atoms in total. The molecule has 0 saturated heterocycles. The minimum atomic E-state index is -5.01. The van der Waals surface area contributed by atoms with Crippen LogP contribution in [0.5, 0.6) is 0 Å². The van der Waals surface area contributed by atoms with Gasteiger partial charge in [-0.1, -0.05) is 65.7 Å². The number of carbonyl (C=O) groups excluding carboxylic acids is 1. The number of benzene rings is 3. The number of hydrogen-bond acceptors (Lipinski definition) is 4. The molecule has 0 aliphatic carbocycles. The summed E-state index contributed by atoms with van der Waals surface area (Å²) < 4.78 is 75.4. The molecule has 0 saturated carbocycles. The highest BCUT2D eigenvalue weighted by Gasteiger charge is 2.39. The van der Waals surface area contributed by atoms with Gasteiger partial charge in [-0.3, -0.25) is 9.35 Å². The van der Waals surface area contributed by atoms with Crippen LogP contribution in [0.25, 0.3) is 11.1 Å². The van der Waals surface area contributed by atoms with Crippen LogP contribution in [-0.2, 0) is 34.1 Å². The lowest BCUT2D eigenvalue weighted by Gasteiger charge is -2.19. The van der Waals surface area contributed by atoms with Crippen molar-refractivity contribution in [1.82, 2.24) is 0 Å². The maximum Gasteiger partial charge on any atom is 0.418 e. The first-order valence-corrected chi connectivity index (χ1v) is 11.7. The molecule has 3 aromatic carbocycles. The largest absolute Gasteiger partial charge is 0.418 e. The predicted molar refractivity (Wildman–Crippen MR) is 120 cm³/mol. The van der Waals surface area contributed by atoms with E-state index in [1.165, 1.54) is 30.3 Å². The Bertz CT molecular complexity index is 1360. The van der Waals surface area contributed by atoms with Crippen LogP contribution in [0.15, 0.2) is 75.8 Å². The second kappa shape index (κ2) is 10.2. The van der Waals surface area contributed by atoms with Crippen LogP contribution in [-0.4, -0.2) is 18.9 Å². The molecular formula is C22H15Cl2F3N2O4S. The van der Waals surface area contributed by atoms with Gasteiger partial charge in [0, 0.05) is 10.6 Å². The fourth-order valence-electron chi connectivity index (χ4n) is 3.21. The van der Waals surface area contributed by atoms with E-state index in [9.17, 15) is 30.9 Å². The van der Waals surface area contributed by atoms with Crippen LogP contribution in [0.3, 0.4) is 0 Å². The van der Waals surface area contributed by atoms with Gasteiger partial charge in [0.25, 0.3) is 16.0 Å². The average molecular weight is 531 g/mol. The van der Waals surface area contributed by atoms with Gasteiger partial charge < -0.3 is 0 Å². The third-order valence-electron chi connectivity index (χ3n) is 4.63. The maximum absolute atomic E-state index is 13.9. The van der Waals surface area contributed by atoms with Crippen molar-refractivity contribution in [3.8, 4) is 11.1 Å². The highest BCUT2D eigenvalue weighted by Crippen LogP contribution is 2.45. The van der Waals surface area contributed by atoms with Crippen molar-refractivity contribution in [1.29, 1.82) is 0 Å². The number of azo groups is 1. The van der Waals surface area contributed by atoms with E-state index in [1.54, 1.807) is 24.3 Å². The molecule has 0 fully saturated rings. The Balaban J connectivity index is 2.04. The van der Waals surface area contributed by atoms with Crippen LogP contribution < -0.4 is 0 Å². The molecule has 0 heterocycles. The molecule has 0 unspecified atom stereocenters. The highest BCUT2D eigenvalue weighted by atomic mass is 35.5. The molecule has 0 aromatic heterocycles. The predicted octanol–water partition coefficient (Wildman–Crippen LogP) is 6.65. The minimum absolute atomic E-state index is 0.0338. The van der Waals surface area contributed by atoms with Crippen LogP contribution in [0.1, 0.15) is 16.7 Å². The molecule has 0 spiro atoms. The van der Waals surface area contributed by atoms with Crippen LogP contribution in [0.2, 0.25) is 10.0 Å². The third kappa shape index (κ3) is 6.20. The number of carbonyl (C=O) groups is 1. The minimum Gasteiger partial charge on any atom is -0.282 e. The second-order valence-corrected chi connectivity index (χ2v) is 9.23. The Morgan fingerprint density at radius 1 is 1.00 bits per heavy atom. The number of amides is 1. The first-order chi connectivity index (χ1) is 15.9. The van der Waals surface area contributed by atoms with Crippen molar-refractivity contribution in [2.24, 2.45) is 10.2 Å². The van der Waals surface area contributed by atoms with E-state index >= 15 is 0 Å². The summed E-state index contributed by atoms with van der Waals surface area (Å²) >= 11 is 11.9. The summed E-state index contributed by atoms with van der Waals surface area (Å²) in [6.45, 7) is -0.798. The monoisotopic (exact) mass is 530 g/mol. The average Bonchev–Trinajstić information content (AvgIpc) is 2.73. The Labute approximate surface area is 202 Å². The first-order valence-electron chi connectivity index (χ1n) is 9.48. The summed E-state index contributed by atoms with van der Waals surface area (Å²) in [6.07, 6.45) is -5.15. The molecule has 178 valence electrons. The lowest BCUT2D eigenvalue weighted by Crippen LogP contribution is -2.13. The Kier molecular flexibility index (Phi) is 7.77. The van der Waals surface area contributed by atoms with Gasteiger partial charge in [-0.05, 0) is 34.9 Å². The van der Waals surface area contributed by atoms with Gasteiger partial charge in [0.1, 0.15) is 4.90 Å². The van der Waals surface area contributed by atoms with Crippen molar-refractivity contribution >= 4 is 39.2 Å². The summed E-state index contributed by atoms with van der Waals surface area (Å²) in [4.78, 5) is 11.2. The van der Waals surface area contributed by atoms with E-state index in [0.29, 0.717) is 16.7 Å². The smallest absolute Gasteiger partial charge is 0.282 e. The molecule has 12 heteroatoms. The number of hydrogen-bond donors (Lipinski definition) is 1. The quantitative estimate of drug-likeness (QED) is 0.285. The zero-order valence-electron chi connectivity index (χ0n) is 17.1. The van der Waals surface area contributed by atoms with E-state index in [0.717, 1.165) is 0 Å². The molecule has 3 aromatic rings. The summed E-state index contributed by atoms with van der Waals surface area (Å²) in [5, 5.41) is 6.37. The summed E-state index contributed by atoms with van der Waals surface area (Å²) in [5.41, 5.74) is -1.92. The van der Waals surface area contributed by atoms with Gasteiger partial charge in [-0.2, -0.15) is 26.7 Å². The molecule has 3 rings (SSSR count). The van der Waals surface area contributed by atoms with Crippen molar-refractivity contribution in [2.75, 3.05) is 0 Å². The normalized spacial score (nSPS) is 12.3. The van der Waals surface area contributed by atoms with Crippen molar-refractivity contribution < 1.29 is 30.9 Å². The Morgan fingerprint density at radius 3 is 2.26 bits per heavy atom. The molecule has 0 atom stereocenters. The van der Waals surface area contributed by atoms with Crippen LogP contribution >= 0.6 is 23.2 Å². The fourth-order valence-corrected chi connectivity index (χ4v) is 4.59. The molecule has 0 aliphatic heterocycles. The zero-order valence-corrected chi connectivity index (χ0v) is 19.4. The van der Waals surface area contributed by atoms with Gasteiger partial charge in [0.15, 0.2) is 0 Å². The molecular weight excluding hydrogens is 516 g/mol. The topological polar surface area (TPSA) is 96.2 Å². The third-order valence-corrected chi connectivity index (χ3v) is 6.20. The summed E-state index contributed by atoms with van der Waals surface area (Å²) in [7, 11) is -5.01. The van der Waals surface area contributed by atoms with Gasteiger partial charge >= 0.3 is 6.18 Å². The van der Waals surface area contributed by atoms with Crippen molar-refractivity contribution in [3.63, 3.8) is 0 Å². The van der Waals surface area contributed by atoms with Crippen molar-refractivity contribution in [3.05, 3.63) is 87.4 Å². The van der Waals surface area contributed by atoms with E-state index in [-0.39, 0.29) is 12.0 Å². The lowest BCUT2D eigenvalue weighted by atomic mass is 9.96. The molecule has 1 amide bonds. The van der Waals surface area contributed by atoms with E-state index < -0.39 is 55.4 Å². The van der Waals surface area contributed by atoms with E-state index in [1.807, 2.05) is 0 Å². The number of nitrogens with zero attached hydrogens (tertiary/aromatic N) is 2. The molecule has 34 heavy (non-hydrogen) atoms. The molecule has 1 N–H and O–H groups in total. The SMILES string of the molecule is O=C(Cc1cccc(Cl)c1)N=NCc1c(S(=O)(=O)O)cc(-c2ccccc2)c(C(F)(F)F)c1Cl. The standard InChI is InChI=1S/C22H15Cl2F3N2O4S/c23-15-8-4-5-13(9-15)10-19(30)29-28-12-17-18(34(31,32)33)11-16(14-6-2-1-3-7-14)20(21(17)24)22(25,26)27/h1-9,11H,10,12H2,(H,31,32,33). The molecule has 0 bridgehead atoms. The van der Waals surface area contributed by atoms with Gasteiger partial charge in [0.2, 0.25) is 0 Å².